The van der Waals surface area contributed by atoms with Gasteiger partial charge in [-0.1, -0.05) is 19.8 Å². The molecule has 0 N–H and O–H groups in total. The minimum atomic E-state index is 0.666. The van der Waals surface area contributed by atoms with E-state index in [1.165, 1.54) is 12.8 Å². The van der Waals surface area contributed by atoms with E-state index in [2.05, 4.69) is 29.4 Å². The standard InChI is InChI=1S/C8H15N4/c1-3-5-6-7-12-8(4-2)9-10-11-12/h2-7H2,1H3. The number of unbranched alkanes of at least 4 members (excludes halogenated alkanes) is 2. The molecule has 1 heterocycles. The molecule has 0 bridgehead atoms. The summed E-state index contributed by atoms with van der Waals surface area (Å²) in [4.78, 5) is 0. The van der Waals surface area contributed by atoms with Crippen LogP contribution in [0, 0.1) is 6.92 Å². The molecule has 0 spiro atoms. The Morgan fingerprint density at radius 1 is 1.42 bits per heavy atom. The molecule has 1 radical (unpaired) electrons. The lowest BCUT2D eigenvalue weighted by molar-refractivity contribution is 0.523. The van der Waals surface area contributed by atoms with Gasteiger partial charge >= 0.3 is 0 Å². The van der Waals surface area contributed by atoms with Crippen molar-refractivity contribution in [2.75, 3.05) is 0 Å². The molecule has 0 fully saturated rings. The maximum Gasteiger partial charge on any atom is 0.151 e. The van der Waals surface area contributed by atoms with Crippen LogP contribution in [0.3, 0.4) is 0 Å². The number of rotatable bonds is 5. The van der Waals surface area contributed by atoms with Crippen LogP contribution in [0.2, 0.25) is 0 Å². The highest BCUT2D eigenvalue weighted by Gasteiger charge is 2.01. The topological polar surface area (TPSA) is 43.6 Å². The molecule has 0 aromatic carbocycles. The van der Waals surface area contributed by atoms with Crippen LogP contribution in [0.15, 0.2) is 0 Å². The van der Waals surface area contributed by atoms with Crippen molar-refractivity contribution in [3.63, 3.8) is 0 Å². The van der Waals surface area contributed by atoms with Crippen LogP contribution in [0.5, 0.6) is 0 Å². The van der Waals surface area contributed by atoms with E-state index in [4.69, 9.17) is 0 Å². The second-order valence-corrected chi connectivity index (χ2v) is 2.78. The Bertz CT molecular complexity index is 219. The molecule has 0 unspecified atom stereocenters. The quantitative estimate of drug-likeness (QED) is 0.620. The highest BCUT2D eigenvalue weighted by molar-refractivity contribution is 4.81. The molecule has 0 saturated carbocycles. The molecule has 67 valence electrons. The van der Waals surface area contributed by atoms with Gasteiger partial charge in [0.2, 0.25) is 0 Å². The predicted molar refractivity (Wildman–Crippen MR) is 46.4 cm³/mol. The van der Waals surface area contributed by atoms with Crippen LogP contribution in [-0.2, 0) is 13.0 Å². The molecule has 12 heavy (non-hydrogen) atoms. The Balaban J connectivity index is 2.39. The molecule has 1 aromatic rings. The normalized spacial score (nSPS) is 10.5. The molecule has 1 rings (SSSR count). The second kappa shape index (κ2) is 4.85. The third-order valence-corrected chi connectivity index (χ3v) is 1.80. The van der Waals surface area contributed by atoms with E-state index in [1.54, 1.807) is 0 Å². The van der Waals surface area contributed by atoms with Crippen molar-refractivity contribution in [3.05, 3.63) is 12.7 Å². The second-order valence-electron chi connectivity index (χ2n) is 2.78. The summed E-state index contributed by atoms with van der Waals surface area (Å²) in [6, 6.07) is 0. The molecule has 0 saturated heterocycles. The first-order valence-electron chi connectivity index (χ1n) is 4.42. The first-order chi connectivity index (χ1) is 5.88. The lowest BCUT2D eigenvalue weighted by Crippen LogP contribution is -2.05. The Morgan fingerprint density at radius 2 is 2.25 bits per heavy atom. The zero-order chi connectivity index (χ0) is 8.81. The molecular formula is C8H15N4. The van der Waals surface area contributed by atoms with Crippen molar-refractivity contribution in [3.8, 4) is 0 Å². The summed E-state index contributed by atoms with van der Waals surface area (Å²) in [5.74, 6) is 0.881. The van der Waals surface area contributed by atoms with Crippen LogP contribution >= 0.6 is 0 Å². The average molecular weight is 167 g/mol. The Hall–Kier alpha value is -0.930. The smallest absolute Gasteiger partial charge is 0.151 e. The third kappa shape index (κ3) is 2.29. The molecule has 0 aliphatic heterocycles. The molecule has 0 aliphatic rings. The Morgan fingerprint density at radius 3 is 2.92 bits per heavy atom. The monoisotopic (exact) mass is 167 g/mol. The largest absolute Gasteiger partial charge is 0.230 e. The highest BCUT2D eigenvalue weighted by Crippen LogP contribution is 1.99. The maximum absolute atomic E-state index is 3.87. The zero-order valence-corrected chi connectivity index (χ0v) is 7.53. The van der Waals surface area contributed by atoms with E-state index in [0.717, 1.165) is 18.8 Å². The minimum absolute atomic E-state index is 0.666. The maximum atomic E-state index is 3.87. The predicted octanol–water partition coefficient (Wildman–Crippen LogP) is 1.24. The van der Waals surface area contributed by atoms with E-state index in [9.17, 15) is 0 Å². The van der Waals surface area contributed by atoms with E-state index >= 15 is 0 Å². The molecule has 0 aliphatic carbocycles. The van der Waals surface area contributed by atoms with Gasteiger partial charge in [0.1, 0.15) is 0 Å². The Labute approximate surface area is 73.0 Å². The summed E-state index contributed by atoms with van der Waals surface area (Å²) in [5, 5.41) is 11.3. The fraction of sp³-hybridized carbons (Fsp3) is 0.750. The van der Waals surface area contributed by atoms with E-state index in [1.807, 2.05) is 4.68 Å². The Kier molecular flexibility index (Phi) is 3.70. The molecule has 0 amide bonds. The molecule has 4 nitrogen and oxygen atoms in total. The van der Waals surface area contributed by atoms with Crippen LogP contribution in [-0.4, -0.2) is 20.2 Å². The SMILES string of the molecule is [CH2]Cc1nnnn1CCCCC. The van der Waals surface area contributed by atoms with Gasteiger partial charge in [-0.25, -0.2) is 4.68 Å². The van der Waals surface area contributed by atoms with Crippen molar-refractivity contribution in [1.29, 1.82) is 0 Å². The lowest BCUT2D eigenvalue weighted by atomic mass is 10.2. The molecule has 1 aromatic heterocycles. The minimum Gasteiger partial charge on any atom is -0.230 e. The van der Waals surface area contributed by atoms with Crippen molar-refractivity contribution in [1.82, 2.24) is 20.2 Å². The van der Waals surface area contributed by atoms with Gasteiger partial charge in [-0.05, 0) is 23.8 Å². The van der Waals surface area contributed by atoms with E-state index in [-0.39, 0.29) is 0 Å². The van der Waals surface area contributed by atoms with Crippen LogP contribution in [0.1, 0.15) is 32.0 Å². The van der Waals surface area contributed by atoms with Crippen molar-refractivity contribution >= 4 is 0 Å². The first-order valence-corrected chi connectivity index (χ1v) is 4.42. The summed E-state index contributed by atoms with van der Waals surface area (Å²) in [7, 11) is 0. The van der Waals surface area contributed by atoms with Gasteiger partial charge in [0.25, 0.3) is 0 Å². The van der Waals surface area contributed by atoms with E-state index < -0.39 is 0 Å². The summed E-state index contributed by atoms with van der Waals surface area (Å²) < 4.78 is 1.84. The fourth-order valence-corrected chi connectivity index (χ4v) is 1.09. The average Bonchev–Trinajstić information content (AvgIpc) is 2.52. The molecule has 4 heteroatoms. The van der Waals surface area contributed by atoms with Gasteiger partial charge in [-0.3, -0.25) is 0 Å². The summed E-state index contributed by atoms with van der Waals surface area (Å²) in [5.41, 5.74) is 0. The van der Waals surface area contributed by atoms with Gasteiger partial charge in [0.05, 0.1) is 0 Å². The zero-order valence-electron chi connectivity index (χ0n) is 7.53. The van der Waals surface area contributed by atoms with Gasteiger partial charge in [-0.2, -0.15) is 0 Å². The number of hydrogen-bond donors (Lipinski definition) is 0. The highest BCUT2D eigenvalue weighted by atomic mass is 15.5. The summed E-state index contributed by atoms with van der Waals surface area (Å²) in [6.45, 7) is 6.86. The molecular weight excluding hydrogens is 152 g/mol. The van der Waals surface area contributed by atoms with Gasteiger partial charge in [0.15, 0.2) is 5.82 Å². The van der Waals surface area contributed by atoms with Crippen molar-refractivity contribution in [2.24, 2.45) is 0 Å². The van der Waals surface area contributed by atoms with Gasteiger partial charge in [-0.15, -0.1) is 5.10 Å². The van der Waals surface area contributed by atoms with Gasteiger partial charge < -0.3 is 0 Å². The number of aromatic nitrogens is 4. The van der Waals surface area contributed by atoms with Crippen LogP contribution in [0.4, 0.5) is 0 Å². The van der Waals surface area contributed by atoms with Crippen molar-refractivity contribution < 1.29 is 0 Å². The number of tetrazole rings is 1. The lowest BCUT2D eigenvalue weighted by Gasteiger charge is -2.00. The third-order valence-electron chi connectivity index (χ3n) is 1.80. The fourth-order valence-electron chi connectivity index (χ4n) is 1.09. The van der Waals surface area contributed by atoms with Gasteiger partial charge in [0, 0.05) is 13.0 Å². The number of aryl methyl sites for hydroxylation is 1. The number of nitrogens with zero attached hydrogens (tertiary/aromatic N) is 4. The van der Waals surface area contributed by atoms with Crippen LogP contribution in [0.25, 0.3) is 0 Å². The number of hydrogen-bond acceptors (Lipinski definition) is 3. The first kappa shape index (κ1) is 9.16. The summed E-state index contributed by atoms with van der Waals surface area (Å²) >= 11 is 0. The summed E-state index contributed by atoms with van der Waals surface area (Å²) in [6.07, 6.45) is 4.27. The van der Waals surface area contributed by atoms with E-state index in [0.29, 0.717) is 6.42 Å². The molecule has 0 atom stereocenters. The van der Waals surface area contributed by atoms with Crippen molar-refractivity contribution in [2.45, 2.75) is 39.2 Å². The van der Waals surface area contributed by atoms with Crippen LogP contribution < -0.4 is 0 Å².